The van der Waals surface area contributed by atoms with Crippen LogP contribution in [-0.4, -0.2) is 16.4 Å². The Morgan fingerprint density at radius 1 is 1.12 bits per heavy atom. The molecule has 0 atom stereocenters. The standard InChI is InChI=1S/C17H13Cl2N3O2/c1-9-15(16(23)21-20)11-4-2-3-5-14(11)22(9)17(24)12-8-10(18)6-7-13(12)19/h2-8H,20H2,1H3,(H,21,23). The van der Waals surface area contributed by atoms with Gasteiger partial charge < -0.3 is 0 Å². The molecular formula is C17H13Cl2N3O2. The molecule has 24 heavy (non-hydrogen) atoms. The number of halogens is 2. The van der Waals surface area contributed by atoms with Crippen LogP contribution in [0.1, 0.15) is 26.4 Å². The second-order valence-corrected chi connectivity index (χ2v) is 6.06. The number of nitrogens with zero attached hydrogens (tertiary/aromatic N) is 1. The fourth-order valence-corrected chi connectivity index (χ4v) is 3.14. The van der Waals surface area contributed by atoms with E-state index in [9.17, 15) is 9.59 Å². The Morgan fingerprint density at radius 3 is 2.54 bits per heavy atom. The van der Waals surface area contributed by atoms with Gasteiger partial charge in [0, 0.05) is 16.1 Å². The fraction of sp³-hybridized carbons (Fsp3) is 0.0588. The molecule has 1 heterocycles. The number of rotatable bonds is 2. The summed E-state index contributed by atoms with van der Waals surface area (Å²) in [6, 6.07) is 11.8. The molecule has 122 valence electrons. The molecule has 3 aromatic rings. The number of aromatic nitrogens is 1. The molecule has 0 radical (unpaired) electrons. The van der Waals surface area contributed by atoms with Crippen LogP contribution in [0.5, 0.6) is 0 Å². The zero-order valence-electron chi connectivity index (χ0n) is 12.6. The summed E-state index contributed by atoms with van der Waals surface area (Å²) >= 11 is 12.1. The van der Waals surface area contributed by atoms with Gasteiger partial charge in [-0.3, -0.25) is 19.6 Å². The number of para-hydroxylation sites is 1. The van der Waals surface area contributed by atoms with E-state index in [-0.39, 0.29) is 16.5 Å². The van der Waals surface area contributed by atoms with Gasteiger partial charge in [-0.1, -0.05) is 41.4 Å². The molecule has 0 fully saturated rings. The summed E-state index contributed by atoms with van der Waals surface area (Å²) in [7, 11) is 0. The van der Waals surface area contributed by atoms with Gasteiger partial charge in [0.25, 0.3) is 11.8 Å². The quantitative estimate of drug-likeness (QED) is 0.416. The van der Waals surface area contributed by atoms with Crippen LogP contribution in [0, 0.1) is 6.92 Å². The number of carbonyl (C=O) groups is 2. The molecular weight excluding hydrogens is 349 g/mol. The van der Waals surface area contributed by atoms with Crippen LogP contribution in [0.25, 0.3) is 10.9 Å². The molecule has 5 nitrogen and oxygen atoms in total. The molecule has 0 saturated carbocycles. The molecule has 0 saturated heterocycles. The number of hydrazine groups is 1. The predicted octanol–water partition coefficient (Wildman–Crippen LogP) is 3.55. The highest BCUT2D eigenvalue weighted by atomic mass is 35.5. The van der Waals surface area contributed by atoms with Crippen molar-refractivity contribution in [1.29, 1.82) is 0 Å². The van der Waals surface area contributed by atoms with Crippen molar-refractivity contribution in [2.24, 2.45) is 5.84 Å². The van der Waals surface area contributed by atoms with Crippen LogP contribution in [0.2, 0.25) is 10.0 Å². The molecule has 7 heteroatoms. The molecule has 2 aromatic carbocycles. The van der Waals surface area contributed by atoms with Crippen LogP contribution in [0.15, 0.2) is 42.5 Å². The van der Waals surface area contributed by atoms with Crippen molar-refractivity contribution in [2.45, 2.75) is 6.92 Å². The van der Waals surface area contributed by atoms with Gasteiger partial charge >= 0.3 is 0 Å². The van der Waals surface area contributed by atoms with Crippen molar-refractivity contribution >= 4 is 45.9 Å². The Hall–Kier alpha value is -2.34. The summed E-state index contributed by atoms with van der Waals surface area (Å²) in [5.74, 6) is 4.44. The molecule has 0 unspecified atom stereocenters. The minimum atomic E-state index is -0.465. The van der Waals surface area contributed by atoms with Crippen molar-refractivity contribution in [2.75, 3.05) is 0 Å². The van der Waals surface area contributed by atoms with Crippen LogP contribution in [-0.2, 0) is 0 Å². The molecule has 0 aliphatic rings. The average molecular weight is 362 g/mol. The third-order valence-corrected chi connectivity index (χ3v) is 4.40. The fourth-order valence-electron chi connectivity index (χ4n) is 2.77. The zero-order valence-corrected chi connectivity index (χ0v) is 14.2. The Balaban J connectivity index is 2.30. The van der Waals surface area contributed by atoms with E-state index in [0.29, 0.717) is 27.2 Å². The first-order valence-electron chi connectivity index (χ1n) is 7.06. The van der Waals surface area contributed by atoms with Gasteiger partial charge in [-0.25, -0.2) is 5.84 Å². The van der Waals surface area contributed by atoms with E-state index < -0.39 is 5.91 Å². The molecule has 0 aliphatic heterocycles. The Labute approximate surface area is 147 Å². The van der Waals surface area contributed by atoms with E-state index in [1.54, 1.807) is 43.3 Å². The van der Waals surface area contributed by atoms with Gasteiger partial charge in [0.15, 0.2) is 0 Å². The first-order valence-corrected chi connectivity index (χ1v) is 7.82. The third kappa shape index (κ3) is 2.57. The maximum absolute atomic E-state index is 13.0. The molecule has 0 bridgehead atoms. The van der Waals surface area contributed by atoms with Crippen molar-refractivity contribution in [3.63, 3.8) is 0 Å². The second-order valence-electron chi connectivity index (χ2n) is 5.22. The van der Waals surface area contributed by atoms with Gasteiger partial charge in [0.1, 0.15) is 0 Å². The Kier molecular flexibility index (Phi) is 4.32. The monoisotopic (exact) mass is 361 g/mol. The molecule has 1 amide bonds. The highest BCUT2D eigenvalue weighted by Crippen LogP contribution is 2.29. The normalized spacial score (nSPS) is 10.8. The zero-order chi connectivity index (χ0) is 17.4. The minimum Gasteiger partial charge on any atom is -0.290 e. The third-order valence-electron chi connectivity index (χ3n) is 3.83. The SMILES string of the molecule is Cc1c(C(=O)NN)c2ccccc2n1C(=O)c1cc(Cl)ccc1Cl. The number of nitrogens with two attached hydrogens (primary N) is 1. The smallest absolute Gasteiger partial charge is 0.267 e. The number of nitrogen functional groups attached to an aromatic ring is 1. The van der Waals surface area contributed by atoms with Crippen LogP contribution in [0.4, 0.5) is 0 Å². The van der Waals surface area contributed by atoms with Gasteiger partial charge in [-0.05, 0) is 31.2 Å². The maximum Gasteiger partial charge on any atom is 0.267 e. The number of carbonyl (C=O) groups excluding carboxylic acids is 2. The van der Waals surface area contributed by atoms with E-state index >= 15 is 0 Å². The van der Waals surface area contributed by atoms with E-state index in [2.05, 4.69) is 5.43 Å². The molecule has 3 N–H and O–H groups in total. The van der Waals surface area contributed by atoms with Gasteiger partial charge in [-0.2, -0.15) is 0 Å². The first-order chi connectivity index (χ1) is 11.5. The van der Waals surface area contributed by atoms with E-state index in [4.69, 9.17) is 29.0 Å². The number of hydrogen-bond donors (Lipinski definition) is 2. The van der Waals surface area contributed by atoms with Crippen molar-refractivity contribution < 1.29 is 9.59 Å². The number of amides is 1. The maximum atomic E-state index is 13.0. The van der Waals surface area contributed by atoms with Crippen molar-refractivity contribution in [3.8, 4) is 0 Å². The number of fused-ring (bicyclic) bond motifs is 1. The number of nitrogens with one attached hydrogen (secondary N) is 1. The van der Waals surface area contributed by atoms with Gasteiger partial charge in [0.2, 0.25) is 0 Å². The largest absolute Gasteiger partial charge is 0.290 e. The first kappa shape index (κ1) is 16.5. The Morgan fingerprint density at radius 2 is 1.83 bits per heavy atom. The summed E-state index contributed by atoms with van der Waals surface area (Å²) in [6.45, 7) is 1.68. The molecule has 0 aliphatic carbocycles. The van der Waals surface area contributed by atoms with Crippen LogP contribution in [0.3, 0.4) is 0 Å². The Bertz CT molecular complexity index is 979. The summed E-state index contributed by atoms with van der Waals surface area (Å²) in [5.41, 5.74) is 3.78. The van der Waals surface area contributed by atoms with Gasteiger partial charge in [-0.15, -0.1) is 0 Å². The molecule has 1 aromatic heterocycles. The lowest BCUT2D eigenvalue weighted by Gasteiger charge is -2.09. The van der Waals surface area contributed by atoms with Crippen molar-refractivity contribution in [1.82, 2.24) is 9.99 Å². The lowest BCUT2D eigenvalue weighted by molar-refractivity contribution is 0.0954. The summed E-state index contributed by atoms with van der Waals surface area (Å²) in [4.78, 5) is 25.2. The second kappa shape index (κ2) is 6.28. The minimum absolute atomic E-state index is 0.257. The van der Waals surface area contributed by atoms with Crippen molar-refractivity contribution in [3.05, 3.63) is 69.3 Å². The summed E-state index contributed by atoms with van der Waals surface area (Å²) in [6.07, 6.45) is 0. The highest BCUT2D eigenvalue weighted by molar-refractivity contribution is 6.36. The van der Waals surface area contributed by atoms with E-state index in [0.717, 1.165) is 0 Å². The lowest BCUT2D eigenvalue weighted by atomic mass is 10.1. The predicted molar refractivity (Wildman–Crippen MR) is 94.5 cm³/mol. The molecule has 0 spiro atoms. The summed E-state index contributed by atoms with van der Waals surface area (Å²) < 4.78 is 1.44. The van der Waals surface area contributed by atoms with E-state index in [1.807, 2.05) is 0 Å². The van der Waals surface area contributed by atoms with Crippen LogP contribution < -0.4 is 11.3 Å². The number of hydrogen-bond acceptors (Lipinski definition) is 3. The summed E-state index contributed by atoms with van der Waals surface area (Å²) in [5, 5.41) is 1.31. The van der Waals surface area contributed by atoms with Gasteiger partial charge in [0.05, 0.1) is 21.7 Å². The van der Waals surface area contributed by atoms with Crippen LogP contribution >= 0.6 is 23.2 Å². The number of benzene rings is 2. The van der Waals surface area contributed by atoms with E-state index in [1.165, 1.54) is 10.6 Å². The topological polar surface area (TPSA) is 77.1 Å². The molecule has 3 rings (SSSR count). The lowest BCUT2D eigenvalue weighted by Crippen LogP contribution is -2.30. The highest BCUT2D eigenvalue weighted by Gasteiger charge is 2.24. The average Bonchev–Trinajstić information content (AvgIpc) is 2.87.